The van der Waals surface area contributed by atoms with Crippen LogP contribution in [0.3, 0.4) is 0 Å². The Balaban J connectivity index is 1.92. The van der Waals surface area contributed by atoms with E-state index in [2.05, 4.69) is 16.9 Å². The third kappa shape index (κ3) is 4.99. The number of rotatable bonds is 7. The van der Waals surface area contributed by atoms with Crippen molar-refractivity contribution in [1.82, 2.24) is 14.9 Å². The van der Waals surface area contributed by atoms with E-state index in [0.717, 1.165) is 30.5 Å². The summed E-state index contributed by atoms with van der Waals surface area (Å²) in [5, 5.41) is 0. The monoisotopic (exact) mass is 283 g/mol. The van der Waals surface area contributed by atoms with Gasteiger partial charge in [0.25, 0.3) is 0 Å². The van der Waals surface area contributed by atoms with Gasteiger partial charge in [0.1, 0.15) is 0 Å². The van der Waals surface area contributed by atoms with E-state index in [-0.39, 0.29) is 5.91 Å². The fourth-order valence-corrected chi connectivity index (χ4v) is 2.23. The summed E-state index contributed by atoms with van der Waals surface area (Å²) in [7, 11) is 0. The summed E-state index contributed by atoms with van der Waals surface area (Å²) in [5.74, 6) is 0.185. The number of aromatic nitrogens is 2. The molecule has 4 nitrogen and oxygen atoms in total. The highest BCUT2D eigenvalue weighted by atomic mass is 16.2. The van der Waals surface area contributed by atoms with Crippen LogP contribution in [-0.4, -0.2) is 27.3 Å². The molecule has 21 heavy (non-hydrogen) atoms. The third-order valence-electron chi connectivity index (χ3n) is 3.29. The van der Waals surface area contributed by atoms with Crippen LogP contribution < -0.4 is 0 Å². The lowest BCUT2D eigenvalue weighted by atomic mass is 10.1. The van der Waals surface area contributed by atoms with Crippen molar-refractivity contribution in [2.24, 2.45) is 0 Å². The van der Waals surface area contributed by atoms with Crippen molar-refractivity contribution in [3.05, 3.63) is 60.2 Å². The van der Waals surface area contributed by atoms with Crippen LogP contribution in [0.5, 0.6) is 0 Å². The fourth-order valence-electron chi connectivity index (χ4n) is 2.23. The molecule has 0 radical (unpaired) electrons. The molecule has 0 spiro atoms. The first-order valence-electron chi connectivity index (χ1n) is 7.35. The normalized spacial score (nSPS) is 10.3. The molecule has 0 fully saturated rings. The Hall–Kier alpha value is -2.23. The zero-order valence-electron chi connectivity index (χ0n) is 12.4. The number of aryl methyl sites for hydroxylation is 1. The molecule has 2 aromatic rings. The summed E-state index contributed by atoms with van der Waals surface area (Å²) in [6, 6.07) is 7.81. The van der Waals surface area contributed by atoms with Crippen molar-refractivity contribution < 1.29 is 4.79 Å². The van der Waals surface area contributed by atoms with E-state index < -0.39 is 0 Å². The Labute approximate surface area is 125 Å². The van der Waals surface area contributed by atoms with Gasteiger partial charge >= 0.3 is 0 Å². The molecule has 0 N–H and O–H groups in total. The highest BCUT2D eigenvalue weighted by Gasteiger charge is 2.13. The van der Waals surface area contributed by atoms with E-state index in [1.807, 2.05) is 41.6 Å². The quantitative estimate of drug-likeness (QED) is 0.785. The van der Waals surface area contributed by atoms with Gasteiger partial charge in [0, 0.05) is 44.3 Å². The minimum atomic E-state index is 0.185. The van der Waals surface area contributed by atoms with E-state index in [1.165, 1.54) is 0 Å². The average molecular weight is 283 g/mol. The predicted molar refractivity (Wildman–Crippen MR) is 82.5 cm³/mol. The van der Waals surface area contributed by atoms with Crippen molar-refractivity contribution in [2.45, 2.75) is 32.7 Å². The molecule has 0 aliphatic heterocycles. The minimum Gasteiger partial charge on any atom is -0.338 e. The fraction of sp³-hybridized carbons (Fsp3) is 0.353. The molecule has 2 rings (SSSR count). The number of carbonyl (C=O) groups is 1. The minimum absolute atomic E-state index is 0.185. The Morgan fingerprint density at radius 3 is 2.33 bits per heavy atom. The van der Waals surface area contributed by atoms with Gasteiger partial charge in [-0.1, -0.05) is 19.1 Å². The third-order valence-corrected chi connectivity index (χ3v) is 3.29. The van der Waals surface area contributed by atoms with E-state index >= 15 is 0 Å². The number of carbonyl (C=O) groups excluding carboxylic acids is 1. The lowest BCUT2D eigenvalue weighted by molar-refractivity contribution is -0.131. The van der Waals surface area contributed by atoms with Crippen molar-refractivity contribution in [3.8, 4) is 0 Å². The van der Waals surface area contributed by atoms with Gasteiger partial charge in [-0.25, -0.2) is 0 Å². The van der Waals surface area contributed by atoms with E-state index in [0.29, 0.717) is 13.0 Å². The predicted octanol–water partition coefficient (Wildman–Crippen LogP) is 2.85. The zero-order valence-corrected chi connectivity index (χ0v) is 12.4. The number of amides is 1. The first-order chi connectivity index (χ1) is 10.3. The van der Waals surface area contributed by atoms with Gasteiger partial charge in [0.15, 0.2) is 0 Å². The van der Waals surface area contributed by atoms with Gasteiger partial charge in [-0.15, -0.1) is 0 Å². The SMILES string of the molecule is CCCN(Cc1cccnc1)C(=O)CCc1cccnc1. The molecule has 0 aromatic carbocycles. The highest BCUT2D eigenvalue weighted by Crippen LogP contribution is 2.08. The Kier molecular flexibility index (Phi) is 5.88. The molecule has 4 heteroatoms. The van der Waals surface area contributed by atoms with Gasteiger partial charge in [0.05, 0.1) is 0 Å². The second-order valence-electron chi connectivity index (χ2n) is 5.04. The molecule has 0 saturated heterocycles. The first-order valence-corrected chi connectivity index (χ1v) is 7.35. The topological polar surface area (TPSA) is 46.1 Å². The van der Waals surface area contributed by atoms with Gasteiger partial charge in [0.2, 0.25) is 5.91 Å². The molecule has 1 amide bonds. The molecule has 0 saturated carbocycles. The van der Waals surface area contributed by atoms with E-state index in [4.69, 9.17) is 0 Å². The van der Waals surface area contributed by atoms with Gasteiger partial charge < -0.3 is 4.90 Å². The maximum absolute atomic E-state index is 12.4. The molecule has 0 atom stereocenters. The summed E-state index contributed by atoms with van der Waals surface area (Å²) in [6.07, 6.45) is 9.34. The highest BCUT2D eigenvalue weighted by molar-refractivity contribution is 5.76. The van der Waals surface area contributed by atoms with Crippen molar-refractivity contribution in [2.75, 3.05) is 6.54 Å². The van der Waals surface area contributed by atoms with Crippen LogP contribution in [-0.2, 0) is 17.8 Å². The number of hydrogen-bond acceptors (Lipinski definition) is 3. The van der Waals surface area contributed by atoms with Crippen LogP contribution in [0.25, 0.3) is 0 Å². The number of pyridine rings is 2. The summed E-state index contributed by atoms with van der Waals surface area (Å²) < 4.78 is 0. The van der Waals surface area contributed by atoms with Crippen LogP contribution in [0.4, 0.5) is 0 Å². The van der Waals surface area contributed by atoms with Crippen molar-refractivity contribution in [1.29, 1.82) is 0 Å². The largest absolute Gasteiger partial charge is 0.338 e. The lowest BCUT2D eigenvalue weighted by Gasteiger charge is -2.22. The van der Waals surface area contributed by atoms with Crippen LogP contribution in [0, 0.1) is 0 Å². The van der Waals surface area contributed by atoms with Gasteiger partial charge in [-0.2, -0.15) is 0 Å². The van der Waals surface area contributed by atoms with Crippen LogP contribution in [0.1, 0.15) is 30.9 Å². The Morgan fingerprint density at radius 2 is 1.76 bits per heavy atom. The molecule has 110 valence electrons. The van der Waals surface area contributed by atoms with Crippen LogP contribution in [0.2, 0.25) is 0 Å². The zero-order chi connectivity index (χ0) is 14.9. The molecule has 2 aromatic heterocycles. The number of nitrogens with zero attached hydrogens (tertiary/aromatic N) is 3. The van der Waals surface area contributed by atoms with Crippen LogP contribution in [0.15, 0.2) is 49.1 Å². The summed E-state index contributed by atoms with van der Waals surface area (Å²) >= 11 is 0. The molecule has 0 aliphatic carbocycles. The summed E-state index contributed by atoms with van der Waals surface area (Å²) in [6.45, 7) is 3.50. The molecule has 2 heterocycles. The van der Waals surface area contributed by atoms with Crippen molar-refractivity contribution in [3.63, 3.8) is 0 Å². The molecular formula is C17H21N3O. The van der Waals surface area contributed by atoms with Crippen LogP contribution >= 0.6 is 0 Å². The van der Waals surface area contributed by atoms with E-state index in [9.17, 15) is 4.79 Å². The number of hydrogen-bond donors (Lipinski definition) is 0. The maximum atomic E-state index is 12.4. The van der Waals surface area contributed by atoms with Gasteiger partial charge in [-0.05, 0) is 36.1 Å². The summed E-state index contributed by atoms with van der Waals surface area (Å²) in [4.78, 5) is 22.5. The second-order valence-corrected chi connectivity index (χ2v) is 5.04. The standard InChI is InChI=1S/C17H21N3O/c1-2-11-20(14-16-6-4-10-19-13-16)17(21)8-7-15-5-3-9-18-12-15/h3-6,9-10,12-13H,2,7-8,11,14H2,1H3. The molecule has 0 bridgehead atoms. The second kappa shape index (κ2) is 8.15. The maximum Gasteiger partial charge on any atom is 0.223 e. The Bertz CT molecular complexity index is 542. The lowest BCUT2D eigenvalue weighted by Crippen LogP contribution is -2.31. The molecule has 0 aliphatic rings. The molecule has 0 unspecified atom stereocenters. The molecular weight excluding hydrogens is 262 g/mol. The van der Waals surface area contributed by atoms with Gasteiger partial charge in [-0.3, -0.25) is 14.8 Å². The van der Waals surface area contributed by atoms with E-state index in [1.54, 1.807) is 12.4 Å². The Morgan fingerprint density at radius 1 is 1.10 bits per heavy atom. The first kappa shape index (κ1) is 15.2. The average Bonchev–Trinajstić information content (AvgIpc) is 2.54. The van der Waals surface area contributed by atoms with Crippen molar-refractivity contribution >= 4 is 5.91 Å². The smallest absolute Gasteiger partial charge is 0.223 e. The summed E-state index contributed by atoms with van der Waals surface area (Å²) in [5.41, 5.74) is 2.17.